The zero-order valence-electron chi connectivity index (χ0n) is 12.3. The summed E-state index contributed by atoms with van der Waals surface area (Å²) in [6.45, 7) is 7.08. The van der Waals surface area contributed by atoms with E-state index in [0.717, 1.165) is 32.5 Å². The van der Waals surface area contributed by atoms with E-state index in [1.807, 2.05) is 4.90 Å². The van der Waals surface area contributed by atoms with Crippen molar-refractivity contribution >= 4 is 23.5 Å². The van der Waals surface area contributed by atoms with Gasteiger partial charge in [0, 0.05) is 26.2 Å². The lowest BCUT2D eigenvalue weighted by Crippen LogP contribution is -2.37. The van der Waals surface area contributed by atoms with Crippen molar-refractivity contribution in [1.82, 2.24) is 15.0 Å². The topological polar surface area (TPSA) is 72.4 Å². The second kappa shape index (κ2) is 8.96. The van der Waals surface area contributed by atoms with Crippen LogP contribution in [0.5, 0.6) is 0 Å². The van der Waals surface area contributed by atoms with Crippen LogP contribution in [0.2, 0.25) is 5.28 Å². The Morgan fingerprint density at radius 1 is 1.24 bits per heavy atom. The van der Waals surface area contributed by atoms with Gasteiger partial charge in [-0.3, -0.25) is 0 Å². The van der Waals surface area contributed by atoms with Crippen LogP contribution in [0.1, 0.15) is 19.8 Å². The lowest BCUT2D eigenvalue weighted by Gasteiger charge is -2.26. The van der Waals surface area contributed by atoms with Crippen LogP contribution in [0.4, 0.5) is 11.9 Å². The maximum absolute atomic E-state index is 5.96. The van der Waals surface area contributed by atoms with Gasteiger partial charge in [0.15, 0.2) is 0 Å². The number of aromatic nitrogens is 3. The monoisotopic (exact) mass is 315 g/mol. The van der Waals surface area contributed by atoms with Gasteiger partial charge in [-0.2, -0.15) is 15.0 Å². The number of rotatable bonds is 8. The Morgan fingerprint density at radius 2 is 2.05 bits per heavy atom. The number of nitrogens with one attached hydrogen (secondary N) is 1. The van der Waals surface area contributed by atoms with Gasteiger partial charge in [0.1, 0.15) is 0 Å². The van der Waals surface area contributed by atoms with E-state index < -0.39 is 0 Å². The number of anilines is 2. The van der Waals surface area contributed by atoms with E-state index in [0.29, 0.717) is 38.3 Å². The summed E-state index contributed by atoms with van der Waals surface area (Å²) in [5.41, 5.74) is 0. The molecule has 0 amide bonds. The molecule has 2 rings (SSSR count). The Kier molecular flexibility index (Phi) is 6.91. The van der Waals surface area contributed by atoms with Crippen molar-refractivity contribution in [2.75, 3.05) is 56.3 Å². The zero-order chi connectivity index (χ0) is 14.9. The van der Waals surface area contributed by atoms with Gasteiger partial charge in [-0.05, 0) is 18.0 Å². The molecule has 8 heteroatoms. The maximum Gasteiger partial charge on any atom is 0.231 e. The molecule has 0 spiro atoms. The molecule has 1 aromatic rings. The van der Waals surface area contributed by atoms with Crippen molar-refractivity contribution in [3.8, 4) is 0 Å². The molecule has 7 nitrogen and oxygen atoms in total. The predicted octanol–water partition coefficient (Wildman–Crippen LogP) is 1.59. The van der Waals surface area contributed by atoms with Crippen LogP contribution in [0.3, 0.4) is 0 Å². The molecule has 1 aliphatic rings. The Hall–Kier alpha value is -1.18. The molecule has 0 saturated carbocycles. The fraction of sp³-hybridized carbons (Fsp3) is 0.769. The van der Waals surface area contributed by atoms with Crippen LogP contribution in [-0.4, -0.2) is 61.0 Å². The summed E-state index contributed by atoms with van der Waals surface area (Å²) in [6.07, 6.45) is 2.22. The largest absolute Gasteiger partial charge is 0.380 e. The molecule has 1 aromatic heterocycles. The molecule has 0 radical (unpaired) electrons. The average molecular weight is 316 g/mol. The third-order valence-corrected chi connectivity index (χ3v) is 3.23. The Balaban J connectivity index is 1.83. The summed E-state index contributed by atoms with van der Waals surface area (Å²) in [5, 5.41) is 3.31. The molecule has 118 valence electrons. The van der Waals surface area contributed by atoms with Crippen LogP contribution in [0.25, 0.3) is 0 Å². The zero-order valence-corrected chi connectivity index (χ0v) is 13.1. The first kappa shape index (κ1) is 16.2. The summed E-state index contributed by atoms with van der Waals surface area (Å²) in [5.74, 6) is 1.07. The molecular weight excluding hydrogens is 294 g/mol. The first-order chi connectivity index (χ1) is 10.3. The molecule has 0 bridgehead atoms. The highest BCUT2D eigenvalue weighted by atomic mass is 35.5. The number of unbranched alkanes of at least 4 members (excludes halogenated alkanes) is 1. The first-order valence-electron chi connectivity index (χ1n) is 7.35. The molecule has 21 heavy (non-hydrogen) atoms. The van der Waals surface area contributed by atoms with Gasteiger partial charge in [0.2, 0.25) is 17.2 Å². The van der Waals surface area contributed by atoms with Crippen molar-refractivity contribution in [2.24, 2.45) is 0 Å². The molecular formula is C13H22ClN5O2. The summed E-state index contributed by atoms with van der Waals surface area (Å²) in [7, 11) is 0. The third kappa shape index (κ3) is 5.61. The maximum atomic E-state index is 5.96. The first-order valence-corrected chi connectivity index (χ1v) is 7.73. The highest BCUT2D eigenvalue weighted by Gasteiger charge is 2.15. The molecule has 1 saturated heterocycles. The number of halogens is 1. The van der Waals surface area contributed by atoms with Crippen molar-refractivity contribution in [3.63, 3.8) is 0 Å². The molecule has 0 aromatic carbocycles. The minimum atomic E-state index is 0.195. The average Bonchev–Trinajstić information content (AvgIpc) is 2.51. The SMILES string of the molecule is CCCCOCCNc1nc(Cl)nc(N2CCOCC2)n1. The molecule has 1 N–H and O–H groups in total. The van der Waals surface area contributed by atoms with Gasteiger partial charge in [0.05, 0.1) is 19.8 Å². The number of ether oxygens (including phenoxy) is 2. The highest BCUT2D eigenvalue weighted by Crippen LogP contribution is 2.14. The summed E-state index contributed by atoms with van der Waals surface area (Å²) >= 11 is 5.96. The van der Waals surface area contributed by atoms with Gasteiger partial charge in [0.25, 0.3) is 0 Å². The van der Waals surface area contributed by atoms with Crippen LogP contribution in [0, 0.1) is 0 Å². The predicted molar refractivity (Wildman–Crippen MR) is 82.1 cm³/mol. The molecule has 1 aliphatic heterocycles. The number of hydrogen-bond donors (Lipinski definition) is 1. The number of nitrogens with zero attached hydrogens (tertiary/aromatic N) is 4. The van der Waals surface area contributed by atoms with E-state index in [-0.39, 0.29) is 5.28 Å². The van der Waals surface area contributed by atoms with Crippen molar-refractivity contribution in [1.29, 1.82) is 0 Å². The summed E-state index contributed by atoms with van der Waals surface area (Å²) in [4.78, 5) is 14.7. The highest BCUT2D eigenvalue weighted by molar-refractivity contribution is 6.28. The van der Waals surface area contributed by atoms with Crippen molar-refractivity contribution in [2.45, 2.75) is 19.8 Å². The second-order valence-electron chi connectivity index (χ2n) is 4.72. The lowest BCUT2D eigenvalue weighted by atomic mass is 10.4. The Labute approximate surface area is 130 Å². The fourth-order valence-electron chi connectivity index (χ4n) is 1.91. The van der Waals surface area contributed by atoms with Crippen LogP contribution in [0.15, 0.2) is 0 Å². The number of morpholine rings is 1. The standard InChI is InChI=1S/C13H22ClN5O2/c1-2-3-7-20-8-4-15-12-16-11(14)17-13(18-12)19-5-9-21-10-6-19/h2-10H2,1H3,(H,15,16,17,18). The smallest absolute Gasteiger partial charge is 0.231 e. The van der Waals surface area contributed by atoms with E-state index in [1.54, 1.807) is 0 Å². The van der Waals surface area contributed by atoms with E-state index in [2.05, 4.69) is 27.2 Å². The molecule has 0 atom stereocenters. The van der Waals surface area contributed by atoms with E-state index in [1.165, 1.54) is 0 Å². The van der Waals surface area contributed by atoms with Crippen LogP contribution < -0.4 is 10.2 Å². The van der Waals surface area contributed by atoms with Gasteiger partial charge in [-0.1, -0.05) is 13.3 Å². The third-order valence-electron chi connectivity index (χ3n) is 3.06. The lowest BCUT2D eigenvalue weighted by molar-refractivity contribution is 0.122. The normalized spacial score (nSPS) is 15.2. The van der Waals surface area contributed by atoms with Gasteiger partial charge in [-0.15, -0.1) is 0 Å². The molecule has 0 unspecified atom stereocenters. The number of hydrogen-bond acceptors (Lipinski definition) is 7. The van der Waals surface area contributed by atoms with Crippen LogP contribution in [-0.2, 0) is 9.47 Å². The van der Waals surface area contributed by atoms with Gasteiger partial charge >= 0.3 is 0 Å². The summed E-state index contributed by atoms with van der Waals surface area (Å²) < 4.78 is 10.8. The molecule has 2 heterocycles. The van der Waals surface area contributed by atoms with Gasteiger partial charge < -0.3 is 19.7 Å². The van der Waals surface area contributed by atoms with Crippen molar-refractivity contribution in [3.05, 3.63) is 5.28 Å². The quantitative estimate of drug-likeness (QED) is 0.730. The summed E-state index contributed by atoms with van der Waals surface area (Å²) in [6, 6.07) is 0. The minimum absolute atomic E-state index is 0.195. The van der Waals surface area contributed by atoms with E-state index in [9.17, 15) is 0 Å². The Morgan fingerprint density at radius 3 is 2.81 bits per heavy atom. The minimum Gasteiger partial charge on any atom is -0.380 e. The fourth-order valence-corrected chi connectivity index (χ4v) is 2.06. The molecule has 1 fully saturated rings. The van der Waals surface area contributed by atoms with Crippen molar-refractivity contribution < 1.29 is 9.47 Å². The molecule has 0 aliphatic carbocycles. The van der Waals surface area contributed by atoms with Gasteiger partial charge in [-0.25, -0.2) is 0 Å². The van der Waals surface area contributed by atoms with Crippen LogP contribution >= 0.6 is 11.6 Å². The second-order valence-corrected chi connectivity index (χ2v) is 5.06. The van der Waals surface area contributed by atoms with E-state index in [4.69, 9.17) is 21.1 Å². The Bertz CT molecular complexity index is 429. The van der Waals surface area contributed by atoms with E-state index >= 15 is 0 Å².